The average molecular weight is 661 g/mol. The Balaban J connectivity index is 1.39. The van der Waals surface area contributed by atoms with Gasteiger partial charge in [-0.15, -0.1) is 0 Å². The van der Waals surface area contributed by atoms with Crippen LogP contribution in [-0.2, 0) is 33.2 Å². The number of likely N-dealkylation sites (tertiary alicyclic amines) is 1. The molecule has 46 heavy (non-hydrogen) atoms. The zero-order valence-electron chi connectivity index (χ0n) is 24.4. The van der Waals surface area contributed by atoms with Crippen LogP contribution < -0.4 is 0 Å². The number of sulfone groups is 1. The minimum atomic E-state index is -5.20. The summed E-state index contributed by atoms with van der Waals surface area (Å²) in [5.41, 5.74) is -3.12. The molecule has 5 rings (SSSR count). The summed E-state index contributed by atoms with van der Waals surface area (Å²) in [6.45, 7) is -1.02. The predicted molar refractivity (Wildman–Crippen MR) is 161 cm³/mol. The molecular formula is C31H31F3N4O7S. The van der Waals surface area contributed by atoms with E-state index in [2.05, 4.69) is 5.10 Å². The number of halogens is 3. The Morgan fingerprint density at radius 1 is 1.00 bits per heavy atom. The van der Waals surface area contributed by atoms with E-state index in [0.29, 0.717) is 11.1 Å². The molecule has 0 amide bonds. The van der Waals surface area contributed by atoms with Crippen LogP contribution in [0.2, 0.25) is 0 Å². The zero-order valence-corrected chi connectivity index (χ0v) is 25.2. The number of fused-ring (bicyclic) bond motifs is 1. The molecule has 0 saturated carbocycles. The summed E-state index contributed by atoms with van der Waals surface area (Å²) in [6, 6.07) is 17.9. The Labute approximate surface area is 261 Å². The number of carbonyl (C=O) groups is 1. The molecule has 244 valence electrons. The molecule has 15 heteroatoms. The van der Waals surface area contributed by atoms with Crippen LogP contribution in [0.5, 0.6) is 0 Å². The number of nitro benzene ring substituents is 1. The number of β-amino-alcohol motifs (C(OH)–C–C–N with tert-alkyl or cyclic N) is 1. The van der Waals surface area contributed by atoms with E-state index >= 15 is 0 Å². The number of hydrogen-bond acceptors (Lipinski definition) is 8. The summed E-state index contributed by atoms with van der Waals surface area (Å²) in [4.78, 5) is 23.0. The van der Waals surface area contributed by atoms with Crippen LogP contribution in [0.3, 0.4) is 0 Å². The van der Waals surface area contributed by atoms with Gasteiger partial charge in [0.05, 0.1) is 27.1 Å². The van der Waals surface area contributed by atoms with Crippen molar-refractivity contribution in [3.05, 3.63) is 99.7 Å². The Morgan fingerprint density at radius 3 is 2.24 bits per heavy atom. The van der Waals surface area contributed by atoms with E-state index in [0.717, 1.165) is 18.2 Å². The van der Waals surface area contributed by atoms with Crippen molar-refractivity contribution >= 4 is 32.4 Å². The fourth-order valence-electron chi connectivity index (χ4n) is 5.75. The lowest BCUT2D eigenvalue weighted by Crippen LogP contribution is -2.53. The Morgan fingerprint density at radius 2 is 1.65 bits per heavy atom. The highest BCUT2D eigenvalue weighted by Crippen LogP contribution is 2.43. The lowest BCUT2D eigenvalue weighted by molar-refractivity contribution is -0.384. The largest absolute Gasteiger partial charge is 0.481 e. The van der Waals surface area contributed by atoms with Gasteiger partial charge in [-0.05, 0) is 61.7 Å². The monoisotopic (exact) mass is 660 g/mol. The van der Waals surface area contributed by atoms with Crippen LogP contribution in [0.4, 0.5) is 18.9 Å². The first kappa shape index (κ1) is 33.0. The van der Waals surface area contributed by atoms with Gasteiger partial charge in [0.25, 0.3) is 5.69 Å². The molecule has 2 heterocycles. The highest BCUT2D eigenvalue weighted by atomic mass is 32.2. The molecule has 0 bridgehead atoms. The normalized spacial score (nSPS) is 16.3. The van der Waals surface area contributed by atoms with Gasteiger partial charge in [0.15, 0.2) is 9.84 Å². The third-order valence-corrected chi connectivity index (χ3v) is 10.6. The first-order chi connectivity index (χ1) is 21.7. The van der Waals surface area contributed by atoms with Gasteiger partial charge >= 0.3 is 12.1 Å². The molecule has 1 aliphatic heterocycles. The zero-order chi connectivity index (χ0) is 33.3. The molecule has 2 N–H and O–H groups in total. The average Bonchev–Trinajstić information content (AvgIpc) is 3.38. The highest BCUT2D eigenvalue weighted by molar-refractivity contribution is 7.92. The number of piperidine rings is 1. The number of nitro groups is 1. The lowest BCUT2D eigenvalue weighted by atomic mass is 9.94. The number of aliphatic hydroxyl groups is 1. The first-order valence-electron chi connectivity index (χ1n) is 14.4. The summed E-state index contributed by atoms with van der Waals surface area (Å²) in [7, 11) is -3.82. The number of alkyl halides is 3. The molecule has 1 aromatic heterocycles. The van der Waals surface area contributed by atoms with Crippen molar-refractivity contribution in [3.63, 3.8) is 0 Å². The summed E-state index contributed by atoms with van der Waals surface area (Å²) in [6.07, 6.45) is -5.01. The number of carboxylic acids is 1. The first-order valence-corrected chi connectivity index (χ1v) is 16.0. The summed E-state index contributed by atoms with van der Waals surface area (Å²) in [5, 5.41) is 35.0. The van der Waals surface area contributed by atoms with Crippen molar-refractivity contribution in [2.75, 3.05) is 19.6 Å². The van der Waals surface area contributed by atoms with Crippen molar-refractivity contribution < 1.29 is 41.5 Å². The van der Waals surface area contributed by atoms with E-state index in [1.165, 1.54) is 21.7 Å². The topological polar surface area (TPSA) is 156 Å². The fourth-order valence-corrected chi connectivity index (χ4v) is 7.48. The van der Waals surface area contributed by atoms with Crippen molar-refractivity contribution in [2.24, 2.45) is 0 Å². The highest BCUT2D eigenvalue weighted by Gasteiger charge is 2.58. The van der Waals surface area contributed by atoms with Crippen molar-refractivity contribution in [2.45, 2.75) is 54.2 Å². The molecule has 0 spiro atoms. The third-order valence-electron chi connectivity index (χ3n) is 8.29. The maximum Gasteiger partial charge on any atom is 0.424 e. The molecule has 4 aromatic rings. The standard InChI is InChI=1S/C31H31F3N4O7S/c32-31(33,34)30(41,29-26-12-9-23(38(42)43)18-27(26)37(35-29)19-22-4-2-1-3-5-22)20-36-16-14-25(15-17-36)46(44,45)24-10-6-21(7-11-24)8-13-28(39)40/h1-7,9-12,18,25,41H,8,13-17,19-20H2,(H,39,40). The van der Waals surface area contributed by atoms with E-state index in [4.69, 9.17) is 5.11 Å². The maximum absolute atomic E-state index is 14.8. The smallest absolute Gasteiger partial charge is 0.424 e. The number of carboxylic acid groups (broad SMARTS) is 1. The number of nitrogens with zero attached hydrogens (tertiary/aromatic N) is 4. The quantitative estimate of drug-likeness (QED) is 0.172. The molecular weight excluding hydrogens is 629 g/mol. The van der Waals surface area contributed by atoms with E-state index in [1.807, 2.05) is 0 Å². The molecule has 1 saturated heterocycles. The summed E-state index contributed by atoms with van der Waals surface area (Å²) < 4.78 is 72.1. The molecule has 1 atom stereocenters. The SMILES string of the molecule is O=C(O)CCc1ccc(S(=O)(=O)C2CCN(CC(O)(c3nn(Cc4ccccc4)c4cc([N+](=O)[O-])ccc34)C(F)(F)F)CC2)cc1. The second-order valence-electron chi connectivity index (χ2n) is 11.4. The molecule has 1 unspecified atom stereocenters. The van der Waals surface area contributed by atoms with Crippen molar-refractivity contribution in [1.29, 1.82) is 0 Å². The van der Waals surface area contributed by atoms with Crippen molar-refractivity contribution in [3.8, 4) is 0 Å². The van der Waals surface area contributed by atoms with Gasteiger partial charge in [-0.2, -0.15) is 18.3 Å². The van der Waals surface area contributed by atoms with Crippen LogP contribution in [0.1, 0.15) is 36.1 Å². The molecule has 11 nitrogen and oxygen atoms in total. The predicted octanol–water partition coefficient (Wildman–Crippen LogP) is 4.70. The number of hydrogen-bond donors (Lipinski definition) is 2. The van der Waals surface area contributed by atoms with Gasteiger partial charge in [0.1, 0.15) is 5.69 Å². The Bertz CT molecular complexity index is 1840. The van der Waals surface area contributed by atoms with Crippen LogP contribution in [0.25, 0.3) is 10.9 Å². The maximum atomic E-state index is 14.8. The number of benzene rings is 3. The second kappa shape index (κ2) is 12.8. The Hall–Kier alpha value is -4.34. The number of aliphatic carboxylic acids is 1. The minimum absolute atomic E-state index is 0.00373. The van der Waals surface area contributed by atoms with E-state index < -0.39 is 50.0 Å². The van der Waals surface area contributed by atoms with Crippen LogP contribution >= 0.6 is 0 Å². The second-order valence-corrected chi connectivity index (χ2v) is 13.6. The fraction of sp³-hybridized carbons (Fsp3) is 0.355. The third kappa shape index (κ3) is 6.76. The van der Waals surface area contributed by atoms with Gasteiger partial charge in [0.2, 0.25) is 5.60 Å². The number of aryl methyl sites for hydroxylation is 1. The van der Waals surface area contributed by atoms with Gasteiger partial charge in [0, 0.05) is 30.5 Å². The van der Waals surface area contributed by atoms with Gasteiger partial charge in [-0.1, -0.05) is 42.5 Å². The molecule has 1 fully saturated rings. The summed E-state index contributed by atoms with van der Waals surface area (Å²) >= 11 is 0. The Kier molecular flexibility index (Phi) is 9.20. The molecule has 3 aromatic carbocycles. The van der Waals surface area contributed by atoms with Crippen LogP contribution in [0, 0.1) is 10.1 Å². The number of aromatic nitrogens is 2. The van der Waals surface area contributed by atoms with Crippen LogP contribution in [0.15, 0.2) is 77.7 Å². The van der Waals surface area contributed by atoms with E-state index in [-0.39, 0.29) is 66.8 Å². The number of non-ortho nitro benzene ring substituents is 1. The minimum Gasteiger partial charge on any atom is -0.481 e. The van der Waals surface area contributed by atoms with Crippen molar-refractivity contribution in [1.82, 2.24) is 14.7 Å². The van der Waals surface area contributed by atoms with E-state index in [1.54, 1.807) is 42.5 Å². The lowest BCUT2D eigenvalue weighted by Gasteiger charge is -2.38. The molecule has 0 aliphatic carbocycles. The van der Waals surface area contributed by atoms with Gasteiger partial charge in [-0.25, -0.2) is 8.42 Å². The molecule has 1 aliphatic rings. The number of rotatable bonds is 11. The molecule has 0 radical (unpaired) electrons. The van der Waals surface area contributed by atoms with Gasteiger partial charge < -0.3 is 10.2 Å². The summed E-state index contributed by atoms with van der Waals surface area (Å²) in [5.74, 6) is -0.974. The van der Waals surface area contributed by atoms with Gasteiger partial charge in [-0.3, -0.25) is 24.5 Å². The van der Waals surface area contributed by atoms with Crippen LogP contribution in [-0.4, -0.2) is 75.3 Å². The van der Waals surface area contributed by atoms with E-state index in [9.17, 15) is 41.6 Å².